The minimum atomic E-state index is -0.883. The van der Waals surface area contributed by atoms with Crippen molar-refractivity contribution in [1.82, 2.24) is 4.98 Å². The minimum absolute atomic E-state index is 0.559. The van der Waals surface area contributed by atoms with Gasteiger partial charge in [0.25, 0.3) is 0 Å². The summed E-state index contributed by atoms with van der Waals surface area (Å²) in [5.41, 5.74) is 4.58. The number of nitrogens with zero attached hydrogens (tertiary/aromatic N) is 1. The molecule has 2 nitrogen and oxygen atoms in total. The van der Waals surface area contributed by atoms with Crippen molar-refractivity contribution in [2.45, 2.75) is 38.7 Å². The molecular weight excluding hydrogens is 274 g/mol. The van der Waals surface area contributed by atoms with Crippen LogP contribution in [0.25, 0.3) is 0 Å². The van der Waals surface area contributed by atoms with E-state index in [0.717, 1.165) is 22.7 Å². The summed E-state index contributed by atoms with van der Waals surface area (Å²) in [5.74, 6) is 1.17. The number of hydrogen-bond donors (Lipinski definition) is 0. The number of aromatic nitrogens is 1. The quantitative estimate of drug-likeness (QED) is 0.840. The molecule has 0 fully saturated rings. The van der Waals surface area contributed by atoms with Crippen LogP contribution in [0.15, 0.2) is 23.6 Å². The van der Waals surface area contributed by atoms with Gasteiger partial charge >= 0.3 is 0 Å². The SMILES string of the molecule is CCc1nc(C[S@@](=O)Cc2cc(C)cc(C)c2)cs1. The van der Waals surface area contributed by atoms with Gasteiger partial charge in [0.15, 0.2) is 0 Å². The van der Waals surface area contributed by atoms with E-state index < -0.39 is 10.8 Å². The van der Waals surface area contributed by atoms with Gasteiger partial charge in [-0.3, -0.25) is 4.21 Å². The summed E-state index contributed by atoms with van der Waals surface area (Å²) in [6.45, 7) is 6.25. The first-order chi connectivity index (χ1) is 9.06. The Morgan fingerprint density at radius 1 is 1.16 bits per heavy atom. The van der Waals surface area contributed by atoms with Gasteiger partial charge in [-0.2, -0.15) is 0 Å². The first-order valence-electron chi connectivity index (χ1n) is 6.42. The van der Waals surface area contributed by atoms with Gasteiger partial charge in [-0.15, -0.1) is 11.3 Å². The van der Waals surface area contributed by atoms with E-state index in [2.05, 4.69) is 44.0 Å². The maximum Gasteiger partial charge on any atom is 0.0925 e. The Hall–Kier alpha value is -1.00. The third-order valence-electron chi connectivity index (χ3n) is 2.82. The van der Waals surface area contributed by atoms with Crippen molar-refractivity contribution in [3.05, 3.63) is 51.0 Å². The van der Waals surface area contributed by atoms with Crippen LogP contribution in [-0.2, 0) is 28.7 Å². The molecule has 0 spiro atoms. The van der Waals surface area contributed by atoms with Crippen molar-refractivity contribution in [1.29, 1.82) is 0 Å². The van der Waals surface area contributed by atoms with Crippen LogP contribution >= 0.6 is 11.3 Å². The third-order valence-corrected chi connectivity index (χ3v) is 5.13. The van der Waals surface area contributed by atoms with Crippen molar-refractivity contribution in [3.8, 4) is 0 Å². The zero-order chi connectivity index (χ0) is 13.8. The predicted molar refractivity (Wildman–Crippen MR) is 83.0 cm³/mol. The van der Waals surface area contributed by atoms with Crippen LogP contribution in [0.1, 0.15) is 34.3 Å². The zero-order valence-electron chi connectivity index (χ0n) is 11.6. The van der Waals surface area contributed by atoms with Crippen LogP contribution in [0, 0.1) is 13.8 Å². The van der Waals surface area contributed by atoms with Crippen LogP contribution in [0.2, 0.25) is 0 Å². The van der Waals surface area contributed by atoms with Crippen LogP contribution < -0.4 is 0 Å². The maximum absolute atomic E-state index is 12.2. The van der Waals surface area contributed by atoms with Crippen LogP contribution in [-0.4, -0.2) is 9.19 Å². The topological polar surface area (TPSA) is 30.0 Å². The molecule has 0 N–H and O–H groups in total. The second-order valence-electron chi connectivity index (χ2n) is 4.81. The summed E-state index contributed by atoms with van der Waals surface area (Å²) in [6, 6.07) is 6.37. The highest BCUT2D eigenvalue weighted by Crippen LogP contribution is 2.15. The average Bonchev–Trinajstić information content (AvgIpc) is 2.74. The Balaban J connectivity index is 2.00. The average molecular weight is 293 g/mol. The van der Waals surface area contributed by atoms with E-state index in [1.165, 1.54) is 11.1 Å². The summed E-state index contributed by atoms with van der Waals surface area (Å²) in [6.07, 6.45) is 0.953. The van der Waals surface area contributed by atoms with E-state index >= 15 is 0 Å². The van der Waals surface area contributed by atoms with Crippen LogP contribution in [0.4, 0.5) is 0 Å². The summed E-state index contributed by atoms with van der Waals surface area (Å²) < 4.78 is 12.2. The Morgan fingerprint density at radius 3 is 2.42 bits per heavy atom. The summed E-state index contributed by atoms with van der Waals surface area (Å²) in [5, 5.41) is 3.15. The molecule has 102 valence electrons. The molecule has 0 saturated carbocycles. The van der Waals surface area contributed by atoms with E-state index in [1.807, 2.05) is 5.38 Å². The molecule has 2 rings (SSSR count). The molecule has 0 radical (unpaired) electrons. The second-order valence-corrected chi connectivity index (χ2v) is 7.21. The predicted octanol–water partition coefficient (Wildman–Crippen LogP) is 3.77. The van der Waals surface area contributed by atoms with E-state index in [-0.39, 0.29) is 0 Å². The third kappa shape index (κ3) is 4.25. The number of thiazole rings is 1. The first-order valence-corrected chi connectivity index (χ1v) is 8.79. The summed E-state index contributed by atoms with van der Waals surface area (Å²) in [7, 11) is -0.883. The zero-order valence-corrected chi connectivity index (χ0v) is 13.2. The number of rotatable bonds is 5. The maximum atomic E-state index is 12.2. The molecule has 0 amide bonds. The van der Waals surface area contributed by atoms with E-state index in [4.69, 9.17) is 0 Å². The fraction of sp³-hybridized carbons (Fsp3) is 0.400. The molecule has 0 aliphatic heterocycles. The highest BCUT2D eigenvalue weighted by Gasteiger charge is 2.07. The van der Waals surface area contributed by atoms with Gasteiger partial charge in [0.1, 0.15) is 0 Å². The normalized spacial score (nSPS) is 12.6. The van der Waals surface area contributed by atoms with Crippen molar-refractivity contribution >= 4 is 22.1 Å². The van der Waals surface area contributed by atoms with Crippen molar-refractivity contribution in [2.75, 3.05) is 0 Å². The number of benzene rings is 1. The van der Waals surface area contributed by atoms with Gasteiger partial charge in [-0.1, -0.05) is 36.2 Å². The fourth-order valence-electron chi connectivity index (χ4n) is 2.13. The largest absolute Gasteiger partial charge is 0.259 e. The Labute approximate surface area is 121 Å². The van der Waals surface area contributed by atoms with E-state index in [1.54, 1.807) is 11.3 Å². The number of aryl methyl sites for hydroxylation is 3. The Morgan fingerprint density at radius 2 is 1.84 bits per heavy atom. The number of hydrogen-bond acceptors (Lipinski definition) is 3. The molecular formula is C15H19NOS2. The molecule has 0 unspecified atom stereocenters. The highest BCUT2D eigenvalue weighted by atomic mass is 32.2. The monoisotopic (exact) mass is 293 g/mol. The lowest BCUT2D eigenvalue weighted by atomic mass is 10.1. The highest BCUT2D eigenvalue weighted by molar-refractivity contribution is 7.83. The molecule has 1 aromatic carbocycles. The van der Waals surface area contributed by atoms with Crippen molar-refractivity contribution in [3.63, 3.8) is 0 Å². The standard InChI is InChI=1S/C15H19NOS2/c1-4-15-16-14(8-18-15)10-19(17)9-13-6-11(2)5-12(3)7-13/h5-8H,4,9-10H2,1-3H3/t19-/m0/s1. The fourth-order valence-corrected chi connectivity index (χ4v) is 4.10. The van der Waals surface area contributed by atoms with E-state index in [0.29, 0.717) is 11.5 Å². The molecule has 19 heavy (non-hydrogen) atoms. The first kappa shape index (κ1) is 14.4. The van der Waals surface area contributed by atoms with Crippen LogP contribution in [0.5, 0.6) is 0 Å². The van der Waals surface area contributed by atoms with Gasteiger partial charge < -0.3 is 0 Å². The second kappa shape index (κ2) is 6.44. The van der Waals surface area contributed by atoms with Gasteiger partial charge in [0.2, 0.25) is 0 Å². The lowest BCUT2D eigenvalue weighted by molar-refractivity contribution is 0.681. The van der Waals surface area contributed by atoms with Crippen molar-refractivity contribution < 1.29 is 4.21 Å². The molecule has 0 saturated heterocycles. The van der Waals surface area contributed by atoms with E-state index in [9.17, 15) is 4.21 Å². The molecule has 2 aromatic rings. The lowest BCUT2D eigenvalue weighted by Crippen LogP contribution is -2.00. The van der Waals surface area contributed by atoms with Crippen molar-refractivity contribution in [2.24, 2.45) is 0 Å². The van der Waals surface area contributed by atoms with Crippen LogP contribution in [0.3, 0.4) is 0 Å². The van der Waals surface area contributed by atoms with Gasteiger partial charge in [-0.05, 0) is 25.8 Å². The molecule has 1 aromatic heterocycles. The van der Waals surface area contributed by atoms with Gasteiger partial charge in [-0.25, -0.2) is 4.98 Å². The molecule has 4 heteroatoms. The Bertz CT molecular complexity index is 569. The van der Waals surface area contributed by atoms with Gasteiger partial charge in [0.05, 0.1) is 16.5 Å². The minimum Gasteiger partial charge on any atom is -0.259 e. The molecule has 1 heterocycles. The smallest absolute Gasteiger partial charge is 0.0925 e. The Kier molecular flexibility index (Phi) is 4.88. The molecule has 0 bridgehead atoms. The van der Waals surface area contributed by atoms with Gasteiger partial charge in [0, 0.05) is 21.9 Å². The molecule has 0 aliphatic rings. The summed E-state index contributed by atoms with van der Waals surface area (Å²) in [4.78, 5) is 4.47. The molecule has 0 aliphatic carbocycles. The molecule has 1 atom stereocenters. The summed E-state index contributed by atoms with van der Waals surface area (Å²) >= 11 is 1.66. The lowest BCUT2D eigenvalue weighted by Gasteiger charge is -2.04.